The number of aliphatic hydroxyl groups is 1. The minimum absolute atomic E-state index is 0.00588. The summed E-state index contributed by atoms with van der Waals surface area (Å²) < 4.78 is 33.9. The Balaban J connectivity index is 1.30. The van der Waals surface area contributed by atoms with E-state index in [2.05, 4.69) is 0 Å². The predicted molar refractivity (Wildman–Crippen MR) is 178 cm³/mol. The fourth-order valence-electron chi connectivity index (χ4n) is 6.33. The summed E-state index contributed by atoms with van der Waals surface area (Å²) in [5, 5.41) is 9.89. The molecule has 6 atom stereocenters. The number of benzene rings is 2. The second-order valence-electron chi connectivity index (χ2n) is 12.7. The number of thioether (sulfide) groups is 1. The van der Waals surface area contributed by atoms with Gasteiger partial charge in [-0.25, -0.2) is 23.6 Å². The molecule has 2 aromatic carbocycles. The summed E-state index contributed by atoms with van der Waals surface area (Å²) in [5.74, 6) is -5.14. The molecule has 2 aromatic rings. The van der Waals surface area contributed by atoms with Crippen molar-refractivity contribution in [3.05, 3.63) is 81.6 Å². The monoisotopic (exact) mass is 727 g/mol. The summed E-state index contributed by atoms with van der Waals surface area (Å²) in [5.41, 5.74) is 1.17. The Morgan fingerprint density at radius 1 is 0.922 bits per heavy atom. The van der Waals surface area contributed by atoms with Gasteiger partial charge in [0.25, 0.3) is 0 Å². The van der Waals surface area contributed by atoms with Crippen molar-refractivity contribution in [2.75, 3.05) is 34.2 Å². The van der Waals surface area contributed by atoms with E-state index in [9.17, 15) is 38.3 Å². The molecule has 0 unspecified atom stereocenters. The van der Waals surface area contributed by atoms with Crippen LogP contribution < -0.4 is 0 Å². The average Bonchev–Trinajstić information content (AvgIpc) is 3.61. The number of rotatable bonds is 11. The van der Waals surface area contributed by atoms with Crippen LogP contribution in [0.1, 0.15) is 46.5 Å². The van der Waals surface area contributed by atoms with Crippen molar-refractivity contribution < 1.29 is 57.2 Å². The van der Waals surface area contributed by atoms with Crippen LogP contribution in [0.3, 0.4) is 0 Å². The molecule has 2 fully saturated rings. The van der Waals surface area contributed by atoms with Gasteiger partial charge >= 0.3 is 24.0 Å². The first-order valence-electron chi connectivity index (χ1n) is 16.1. The van der Waals surface area contributed by atoms with Gasteiger partial charge in [-0.05, 0) is 56.7 Å². The number of amides is 3. The molecular formula is C35H38FN3O11S. The van der Waals surface area contributed by atoms with Crippen molar-refractivity contribution in [3.8, 4) is 0 Å². The Labute approximate surface area is 297 Å². The number of hydrogen-bond acceptors (Lipinski definition) is 12. The van der Waals surface area contributed by atoms with Crippen molar-refractivity contribution in [2.24, 2.45) is 11.8 Å². The summed E-state index contributed by atoms with van der Waals surface area (Å²) in [6.07, 6.45) is -1.73. The molecule has 0 aromatic heterocycles. The second kappa shape index (κ2) is 15.5. The molecule has 0 radical (unpaired) electrons. The van der Waals surface area contributed by atoms with Gasteiger partial charge in [-0.2, -0.15) is 0 Å². The fraction of sp³-hybridized carbons (Fsp3) is 0.429. The molecule has 0 spiro atoms. The van der Waals surface area contributed by atoms with E-state index in [1.54, 1.807) is 45.3 Å². The minimum Gasteiger partial charge on any atom is -0.424 e. The van der Waals surface area contributed by atoms with E-state index in [1.165, 1.54) is 45.5 Å². The van der Waals surface area contributed by atoms with Gasteiger partial charge in [-0.1, -0.05) is 24.6 Å². The summed E-state index contributed by atoms with van der Waals surface area (Å²) >= 11 is 1.20. The lowest BCUT2D eigenvalue weighted by Gasteiger charge is -2.46. The van der Waals surface area contributed by atoms with Gasteiger partial charge < -0.3 is 33.9 Å². The molecule has 3 aliphatic rings. The Kier molecular flexibility index (Phi) is 11.3. The maximum Gasteiger partial charge on any atom is 0.413 e. The van der Waals surface area contributed by atoms with E-state index in [0.717, 1.165) is 17.7 Å². The van der Waals surface area contributed by atoms with Crippen LogP contribution in [0, 0.1) is 24.6 Å². The number of β-lactam (4-membered cyclic amide) rings is 1. The van der Waals surface area contributed by atoms with Crippen LogP contribution in [0.25, 0.3) is 0 Å². The van der Waals surface area contributed by atoms with Crippen molar-refractivity contribution in [3.63, 3.8) is 0 Å². The number of aryl methyl sites for hydroxylation is 1. The summed E-state index contributed by atoms with van der Waals surface area (Å²) in [6, 6.07) is 9.70. The van der Waals surface area contributed by atoms with Crippen LogP contribution in [0.5, 0.6) is 0 Å². The van der Waals surface area contributed by atoms with E-state index in [4.69, 9.17) is 18.9 Å². The zero-order valence-electron chi connectivity index (χ0n) is 28.6. The van der Waals surface area contributed by atoms with E-state index < -0.39 is 84.6 Å². The Bertz CT molecular complexity index is 1730. The molecule has 3 amide bonds. The quantitative estimate of drug-likeness (QED) is 0.204. The van der Waals surface area contributed by atoms with Gasteiger partial charge in [0, 0.05) is 36.7 Å². The van der Waals surface area contributed by atoms with Crippen molar-refractivity contribution in [1.29, 1.82) is 0 Å². The molecule has 0 bridgehead atoms. The molecule has 51 heavy (non-hydrogen) atoms. The minimum atomic E-state index is -1.00. The average molecular weight is 728 g/mol. The number of carbonyl (C=O) groups is 6. The van der Waals surface area contributed by atoms with Crippen LogP contribution in [-0.2, 0) is 33.3 Å². The van der Waals surface area contributed by atoms with Gasteiger partial charge in [-0.15, -0.1) is 11.8 Å². The first kappa shape index (κ1) is 37.3. The summed E-state index contributed by atoms with van der Waals surface area (Å²) in [7, 11) is 3.09. The number of fused-ring (bicyclic) bond motifs is 1. The standard InChI is InChI=1S/C35H38FN3O11S/c1-18-6-8-21(9-7-18)32(43)48-17-50-35(46)38-15-24(14-25(38)30(41)37(4)5)51-29-19(2)27-26(20(3)40)31(42)39(27)28(29)34(45)49-16-47-33(44)22-10-12-23(36)13-11-22/h6-13,19-20,24-27,40H,14-17H2,1-5H3/t19-,20-,24+,25+,26-,27-/m1/s1. The fourth-order valence-corrected chi connectivity index (χ4v) is 7.85. The molecule has 14 nitrogen and oxygen atoms in total. The predicted octanol–water partition coefficient (Wildman–Crippen LogP) is 3.08. The van der Waals surface area contributed by atoms with Crippen molar-refractivity contribution in [1.82, 2.24) is 14.7 Å². The number of esters is 3. The van der Waals surface area contributed by atoms with Gasteiger partial charge in [0.1, 0.15) is 17.6 Å². The number of halogens is 1. The summed E-state index contributed by atoms with van der Waals surface area (Å²) in [6.45, 7) is 3.67. The molecule has 1 N–H and O–H groups in total. The maximum absolute atomic E-state index is 13.5. The van der Waals surface area contributed by atoms with Gasteiger partial charge in [0.2, 0.25) is 25.4 Å². The Hall–Kier alpha value is -4.96. The highest BCUT2D eigenvalue weighted by molar-refractivity contribution is 8.03. The normalized spacial score (nSPS) is 22.9. The highest BCUT2D eigenvalue weighted by atomic mass is 32.2. The summed E-state index contributed by atoms with van der Waals surface area (Å²) in [4.78, 5) is 82.1. The first-order chi connectivity index (χ1) is 24.2. The lowest BCUT2D eigenvalue weighted by Crippen LogP contribution is -2.63. The molecule has 0 saturated carbocycles. The van der Waals surface area contributed by atoms with E-state index >= 15 is 0 Å². The molecule has 0 aliphatic carbocycles. The van der Waals surface area contributed by atoms with Crippen molar-refractivity contribution >= 4 is 47.6 Å². The molecule has 2 saturated heterocycles. The molecule has 3 aliphatic heterocycles. The first-order valence-corrected chi connectivity index (χ1v) is 17.0. The van der Waals surface area contributed by atoms with E-state index in [0.29, 0.717) is 4.91 Å². The smallest absolute Gasteiger partial charge is 0.413 e. The Morgan fingerprint density at radius 2 is 1.47 bits per heavy atom. The van der Waals surface area contributed by atoms with Crippen LogP contribution in [-0.4, -0.2) is 113 Å². The third kappa shape index (κ3) is 7.86. The molecule has 3 heterocycles. The molecule has 272 valence electrons. The van der Waals surface area contributed by atoms with Gasteiger partial charge in [0.05, 0.1) is 29.2 Å². The molecule has 5 rings (SSSR count). The van der Waals surface area contributed by atoms with Crippen molar-refractivity contribution in [2.45, 2.75) is 50.6 Å². The number of hydrogen-bond donors (Lipinski definition) is 1. The molecule has 16 heteroatoms. The highest BCUT2D eigenvalue weighted by Gasteiger charge is 2.60. The van der Waals surface area contributed by atoms with Gasteiger partial charge in [-0.3, -0.25) is 14.5 Å². The largest absolute Gasteiger partial charge is 0.424 e. The maximum atomic E-state index is 13.5. The number of ether oxygens (including phenoxy) is 4. The Morgan fingerprint density at radius 3 is 2.04 bits per heavy atom. The topological polar surface area (TPSA) is 169 Å². The number of aliphatic hydroxyl groups excluding tert-OH is 1. The van der Waals surface area contributed by atoms with E-state index in [1.807, 2.05) is 6.92 Å². The van der Waals surface area contributed by atoms with Gasteiger partial charge in [0.15, 0.2) is 0 Å². The zero-order valence-corrected chi connectivity index (χ0v) is 29.4. The lowest BCUT2D eigenvalue weighted by molar-refractivity contribution is -0.166. The highest BCUT2D eigenvalue weighted by Crippen LogP contribution is 2.52. The third-order valence-corrected chi connectivity index (χ3v) is 10.4. The van der Waals surface area contributed by atoms with Crippen LogP contribution in [0.2, 0.25) is 0 Å². The second-order valence-corrected chi connectivity index (χ2v) is 14.0. The number of likely N-dealkylation sites (N-methyl/N-ethyl adjacent to an activating group) is 1. The van der Waals surface area contributed by atoms with Crippen LogP contribution >= 0.6 is 11.8 Å². The van der Waals surface area contributed by atoms with Crippen LogP contribution in [0.15, 0.2) is 59.1 Å². The number of likely N-dealkylation sites (tertiary alicyclic amines) is 1. The number of nitrogens with zero attached hydrogens (tertiary/aromatic N) is 3. The zero-order chi connectivity index (χ0) is 37.1. The third-order valence-electron chi connectivity index (χ3n) is 8.94. The lowest BCUT2D eigenvalue weighted by atomic mass is 9.79. The molecular weight excluding hydrogens is 689 g/mol. The van der Waals surface area contributed by atoms with Crippen LogP contribution in [0.4, 0.5) is 9.18 Å². The SMILES string of the molecule is Cc1ccc(C(=O)OCOC(=O)N2C[C@@H](SC3=C(C(=O)OCOC(=O)c4ccc(F)cc4)N4C(=O)[C@H]([C@@H](C)O)[C@H]4[C@H]3C)C[C@H]2C(=O)N(C)C)cc1. The van der Waals surface area contributed by atoms with E-state index in [-0.39, 0.29) is 35.7 Å². The number of carbonyl (C=O) groups excluding carboxylic acids is 6.